The Balaban J connectivity index is 1.66. The molecule has 0 atom stereocenters. The van der Waals surface area contributed by atoms with Crippen molar-refractivity contribution in [2.45, 2.75) is 13.5 Å². The zero-order chi connectivity index (χ0) is 22.9. The predicted molar refractivity (Wildman–Crippen MR) is 125 cm³/mol. The molecule has 0 aromatic heterocycles. The number of hydrogen-bond acceptors (Lipinski definition) is 6. The highest BCUT2D eigenvalue weighted by molar-refractivity contribution is 6.00. The van der Waals surface area contributed by atoms with Crippen LogP contribution in [0.25, 0.3) is 6.08 Å². The first-order valence-corrected chi connectivity index (χ1v) is 9.90. The summed E-state index contributed by atoms with van der Waals surface area (Å²) in [6.07, 6.45) is 2.89. The molecule has 3 aromatic rings. The van der Waals surface area contributed by atoms with Crippen LogP contribution >= 0.6 is 0 Å². The first kappa shape index (κ1) is 22.4. The van der Waals surface area contributed by atoms with E-state index in [4.69, 9.17) is 25.8 Å². The van der Waals surface area contributed by atoms with Gasteiger partial charge in [0.1, 0.15) is 18.1 Å². The van der Waals surface area contributed by atoms with Gasteiger partial charge in [-0.2, -0.15) is 0 Å². The molecule has 0 aliphatic carbocycles. The van der Waals surface area contributed by atoms with Crippen LogP contribution in [0.15, 0.2) is 78.0 Å². The van der Waals surface area contributed by atoms with Gasteiger partial charge in [0.2, 0.25) is 0 Å². The summed E-state index contributed by atoms with van der Waals surface area (Å²) in [5.74, 6) is 0.856. The number of amidine groups is 1. The predicted octanol–water partition coefficient (Wildman–Crippen LogP) is 4.04. The lowest BCUT2D eigenvalue weighted by Gasteiger charge is -2.11. The molecule has 0 saturated heterocycles. The highest BCUT2D eigenvalue weighted by atomic mass is 16.7. The number of para-hydroxylation sites is 1. The van der Waals surface area contributed by atoms with Crippen molar-refractivity contribution < 1.29 is 19.1 Å². The van der Waals surface area contributed by atoms with Crippen LogP contribution in [0.3, 0.4) is 0 Å². The fourth-order valence-corrected chi connectivity index (χ4v) is 2.96. The Morgan fingerprint density at radius 3 is 2.59 bits per heavy atom. The summed E-state index contributed by atoms with van der Waals surface area (Å²) in [4.78, 5) is 17.0. The van der Waals surface area contributed by atoms with Gasteiger partial charge < -0.3 is 25.8 Å². The molecule has 0 radical (unpaired) electrons. The van der Waals surface area contributed by atoms with Crippen molar-refractivity contribution in [2.24, 2.45) is 10.9 Å². The van der Waals surface area contributed by atoms with Gasteiger partial charge in [0, 0.05) is 22.9 Å². The van der Waals surface area contributed by atoms with E-state index in [9.17, 15) is 4.79 Å². The molecule has 32 heavy (non-hydrogen) atoms. The van der Waals surface area contributed by atoms with Crippen molar-refractivity contribution in [1.82, 2.24) is 0 Å². The number of benzene rings is 3. The van der Waals surface area contributed by atoms with Gasteiger partial charge in [-0.05, 0) is 54.5 Å². The summed E-state index contributed by atoms with van der Waals surface area (Å²) in [5.41, 5.74) is 15.4. The first-order valence-electron chi connectivity index (χ1n) is 9.90. The smallest absolute Gasteiger partial charge is 0.358 e. The van der Waals surface area contributed by atoms with E-state index in [1.54, 1.807) is 31.4 Å². The molecular weight excluding hydrogens is 406 g/mol. The third-order valence-corrected chi connectivity index (χ3v) is 4.74. The van der Waals surface area contributed by atoms with Crippen LogP contribution in [0.5, 0.6) is 11.5 Å². The number of methoxy groups -OCH3 is 1. The molecule has 0 aliphatic heterocycles. The molecule has 0 amide bonds. The van der Waals surface area contributed by atoms with Gasteiger partial charge in [0.25, 0.3) is 0 Å². The Morgan fingerprint density at radius 1 is 1.06 bits per heavy atom. The van der Waals surface area contributed by atoms with Crippen LogP contribution in [0.2, 0.25) is 0 Å². The highest BCUT2D eigenvalue weighted by Gasteiger charge is 2.08. The van der Waals surface area contributed by atoms with Gasteiger partial charge in [-0.1, -0.05) is 41.6 Å². The summed E-state index contributed by atoms with van der Waals surface area (Å²) in [5, 5.41) is 3.71. The lowest BCUT2D eigenvalue weighted by Crippen LogP contribution is -2.16. The molecule has 0 spiro atoms. The molecule has 0 saturated carbocycles. The van der Waals surface area contributed by atoms with E-state index in [0.29, 0.717) is 23.6 Å². The highest BCUT2D eigenvalue weighted by Crippen LogP contribution is 2.23. The molecule has 164 valence electrons. The van der Waals surface area contributed by atoms with Crippen LogP contribution in [0, 0.1) is 6.92 Å². The molecule has 0 fully saturated rings. The van der Waals surface area contributed by atoms with Crippen molar-refractivity contribution >= 4 is 23.6 Å². The molecule has 7 nitrogen and oxygen atoms in total. The van der Waals surface area contributed by atoms with E-state index in [1.165, 1.54) is 6.08 Å². The van der Waals surface area contributed by atoms with E-state index in [1.807, 2.05) is 55.5 Å². The number of hydrogen-bond donors (Lipinski definition) is 2. The molecule has 0 heterocycles. The molecule has 7 heteroatoms. The first-order chi connectivity index (χ1) is 15.5. The SMILES string of the molecule is COc1ccc(/C=C\C(=O)O/N=C(\N)c2cccc(N)c2C)cc1COc1ccccc1. The second-order valence-corrected chi connectivity index (χ2v) is 6.91. The maximum Gasteiger partial charge on any atom is 0.358 e. The van der Waals surface area contributed by atoms with Crippen molar-refractivity contribution in [3.63, 3.8) is 0 Å². The molecule has 0 aliphatic rings. The fourth-order valence-electron chi connectivity index (χ4n) is 2.96. The van der Waals surface area contributed by atoms with E-state index in [2.05, 4.69) is 5.16 Å². The van der Waals surface area contributed by atoms with Crippen LogP contribution in [-0.2, 0) is 16.2 Å². The number of ether oxygens (including phenoxy) is 2. The van der Waals surface area contributed by atoms with E-state index in [-0.39, 0.29) is 5.84 Å². The van der Waals surface area contributed by atoms with Crippen molar-refractivity contribution in [2.75, 3.05) is 12.8 Å². The Labute approximate surface area is 186 Å². The zero-order valence-corrected chi connectivity index (χ0v) is 17.9. The van der Waals surface area contributed by atoms with Crippen LogP contribution in [0.1, 0.15) is 22.3 Å². The van der Waals surface area contributed by atoms with Gasteiger partial charge in [-0.25, -0.2) is 4.79 Å². The monoisotopic (exact) mass is 431 g/mol. The van der Waals surface area contributed by atoms with Gasteiger partial charge in [-0.15, -0.1) is 0 Å². The van der Waals surface area contributed by atoms with Crippen LogP contribution in [-0.4, -0.2) is 18.9 Å². The van der Waals surface area contributed by atoms with Crippen LogP contribution in [0.4, 0.5) is 5.69 Å². The minimum atomic E-state index is -0.660. The number of nitrogen functional groups attached to an aromatic ring is 1. The van der Waals surface area contributed by atoms with Crippen molar-refractivity contribution in [3.8, 4) is 11.5 Å². The maximum atomic E-state index is 12.1. The minimum absolute atomic E-state index is 0.0707. The number of rotatable bonds is 8. The Morgan fingerprint density at radius 2 is 1.84 bits per heavy atom. The van der Waals surface area contributed by atoms with E-state index >= 15 is 0 Å². The second-order valence-electron chi connectivity index (χ2n) is 6.91. The largest absolute Gasteiger partial charge is 0.496 e. The standard InChI is InChI=1S/C25H25N3O4/c1-17-21(9-6-10-22(17)26)25(27)28-32-24(29)14-12-18-11-13-23(30-2)19(15-18)16-31-20-7-4-3-5-8-20/h3-15H,16,26H2,1-2H3,(H2,27,28)/b14-12-. The maximum absolute atomic E-state index is 12.1. The summed E-state index contributed by atoms with van der Waals surface area (Å²) in [6, 6.07) is 20.3. The van der Waals surface area contributed by atoms with Gasteiger partial charge in [-0.3, -0.25) is 0 Å². The van der Waals surface area contributed by atoms with E-state index < -0.39 is 5.97 Å². The topological polar surface area (TPSA) is 109 Å². The number of nitrogens with two attached hydrogens (primary N) is 2. The Kier molecular flexibility index (Phi) is 7.48. The number of oxime groups is 1. The normalized spacial score (nSPS) is 11.4. The van der Waals surface area contributed by atoms with Crippen molar-refractivity contribution in [1.29, 1.82) is 0 Å². The molecular formula is C25H25N3O4. The van der Waals surface area contributed by atoms with Gasteiger partial charge >= 0.3 is 5.97 Å². The lowest BCUT2D eigenvalue weighted by molar-refractivity contribution is -0.137. The lowest BCUT2D eigenvalue weighted by atomic mass is 10.1. The number of anilines is 1. The number of carbonyl (C=O) groups is 1. The third-order valence-electron chi connectivity index (χ3n) is 4.74. The summed E-state index contributed by atoms with van der Waals surface area (Å²) in [7, 11) is 1.60. The summed E-state index contributed by atoms with van der Waals surface area (Å²) < 4.78 is 11.2. The zero-order valence-electron chi connectivity index (χ0n) is 17.9. The molecule has 3 rings (SSSR count). The third kappa shape index (κ3) is 5.89. The molecule has 0 bridgehead atoms. The van der Waals surface area contributed by atoms with E-state index in [0.717, 1.165) is 22.4 Å². The number of nitrogens with zero attached hydrogens (tertiary/aromatic N) is 1. The average molecular weight is 431 g/mol. The minimum Gasteiger partial charge on any atom is -0.496 e. The number of carbonyl (C=O) groups excluding carboxylic acids is 1. The molecule has 0 unspecified atom stereocenters. The van der Waals surface area contributed by atoms with Gasteiger partial charge in [0.05, 0.1) is 7.11 Å². The average Bonchev–Trinajstić information content (AvgIpc) is 2.82. The van der Waals surface area contributed by atoms with Crippen molar-refractivity contribution in [3.05, 3.63) is 95.1 Å². The van der Waals surface area contributed by atoms with Crippen LogP contribution < -0.4 is 20.9 Å². The quantitative estimate of drug-likeness (QED) is 0.139. The Bertz CT molecular complexity index is 1140. The van der Waals surface area contributed by atoms with Gasteiger partial charge in [0.15, 0.2) is 5.84 Å². The molecule has 4 N–H and O–H groups in total. The second kappa shape index (κ2) is 10.7. The molecule has 3 aromatic carbocycles. The Hall–Kier alpha value is -4.26. The summed E-state index contributed by atoms with van der Waals surface area (Å²) in [6.45, 7) is 2.14. The fraction of sp³-hybridized carbons (Fsp3) is 0.120. The summed E-state index contributed by atoms with van der Waals surface area (Å²) >= 11 is 0.